The zero-order valence-corrected chi connectivity index (χ0v) is 16.2. The van der Waals surface area contributed by atoms with Crippen LogP contribution in [0.4, 0.5) is 5.69 Å². The molecule has 0 amide bonds. The first kappa shape index (κ1) is 19.1. The van der Waals surface area contributed by atoms with Gasteiger partial charge in [-0.05, 0) is 47.0 Å². The Kier molecular flexibility index (Phi) is 5.88. The second kappa shape index (κ2) is 8.33. The number of halogens is 1. The number of carbonyl (C=O) groups is 2. The maximum Gasteiger partial charge on any atom is 0.302 e. The number of esters is 1. The van der Waals surface area contributed by atoms with Gasteiger partial charge in [0.15, 0.2) is 5.78 Å². The van der Waals surface area contributed by atoms with E-state index >= 15 is 0 Å². The fraction of sp³-hybridized carbons (Fsp3) is 0.316. The Labute approximate surface area is 164 Å². The minimum Gasteiger partial charge on any atom is -0.466 e. The Balaban J connectivity index is 2.01. The summed E-state index contributed by atoms with van der Waals surface area (Å²) in [6, 6.07) is 9.07. The highest BCUT2D eigenvalue weighted by atomic mass is 79.9. The molecule has 3 rings (SSSR count). The number of fused-ring (bicyclic) bond motifs is 1. The molecule has 138 valence electrons. The van der Waals surface area contributed by atoms with Crippen molar-refractivity contribution in [2.45, 2.75) is 24.6 Å². The number of hydrogen-bond acceptors (Lipinski definition) is 5. The summed E-state index contributed by atoms with van der Waals surface area (Å²) in [5.74, 6) is -0.458. The normalized spacial score (nSPS) is 18.4. The number of ether oxygens (including phenoxy) is 1. The molecule has 0 saturated carbocycles. The quantitative estimate of drug-likeness (QED) is 0.225. The minimum absolute atomic E-state index is 0.0288. The van der Waals surface area contributed by atoms with Crippen LogP contribution in [-0.4, -0.2) is 28.2 Å². The van der Waals surface area contributed by atoms with Crippen molar-refractivity contribution < 1.29 is 14.3 Å². The van der Waals surface area contributed by atoms with Crippen LogP contribution in [0.15, 0.2) is 41.6 Å². The molecule has 0 saturated heterocycles. The maximum absolute atomic E-state index is 12.8. The summed E-state index contributed by atoms with van der Waals surface area (Å²) in [4.78, 5) is 30.6. The lowest BCUT2D eigenvalue weighted by molar-refractivity contribution is -0.141. The van der Waals surface area contributed by atoms with Gasteiger partial charge in [0.1, 0.15) is 5.69 Å². The van der Waals surface area contributed by atoms with E-state index in [1.807, 2.05) is 18.2 Å². The van der Waals surface area contributed by atoms with Gasteiger partial charge < -0.3 is 4.74 Å². The number of Topliss-reactive ketones (excluding diaryl/α,β-unsaturated/α-hetero) is 1. The van der Waals surface area contributed by atoms with E-state index in [4.69, 9.17) is 10.3 Å². The molecule has 2 unspecified atom stereocenters. The molecule has 0 aliphatic heterocycles. The van der Waals surface area contributed by atoms with Crippen molar-refractivity contribution in [1.29, 1.82) is 0 Å². The van der Waals surface area contributed by atoms with E-state index < -0.39 is 0 Å². The highest BCUT2D eigenvalue weighted by Crippen LogP contribution is 2.39. The van der Waals surface area contributed by atoms with Gasteiger partial charge in [-0.25, -0.2) is 0 Å². The topological polar surface area (TPSA) is 105 Å². The van der Waals surface area contributed by atoms with Crippen molar-refractivity contribution in [3.05, 3.63) is 58.2 Å². The number of pyridine rings is 1. The highest BCUT2D eigenvalue weighted by Gasteiger charge is 2.36. The molecule has 1 aromatic heterocycles. The van der Waals surface area contributed by atoms with Crippen LogP contribution in [-0.2, 0) is 16.0 Å². The second-order valence-corrected chi connectivity index (χ2v) is 7.24. The summed E-state index contributed by atoms with van der Waals surface area (Å²) in [5, 5.41) is 3.76. The standard InChI is InChI=1S/C19H17BrN4O3/c1-11(25)27-9-7-12-10-15-13(6-8-22-18(15)19(26)17(12)20)14-4-2-3-5-16(14)23-24-21/h2-6,8,12,17H,7,9-10H2,1H3. The Hall–Kier alpha value is -2.70. The molecular formula is C19H17BrN4O3. The molecule has 1 aromatic carbocycles. The van der Waals surface area contributed by atoms with Crippen LogP contribution in [0.25, 0.3) is 21.6 Å². The molecule has 1 aliphatic carbocycles. The molecule has 0 N–H and O–H groups in total. The van der Waals surface area contributed by atoms with Crippen LogP contribution in [0.3, 0.4) is 0 Å². The van der Waals surface area contributed by atoms with Crippen LogP contribution in [0, 0.1) is 5.92 Å². The van der Waals surface area contributed by atoms with E-state index in [0.717, 1.165) is 16.7 Å². The zero-order chi connectivity index (χ0) is 19.4. The third-order valence-corrected chi connectivity index (χ3v) is 5.72. The Morgan fingerprint density at radius 2 is 2.15 bits per heavy atom. The average Bonchev–Trinajstić information content (AvgIpc) is 2.66. The zero-order valence-electron chi connectivity index (χ0n) is 14.6. The lowest BCUT2D eigenvalue weighted by Crippen LogP contribution is -2.34. The predicted molar refractivity (Wildman–Crippen MR) is 104 cm³/mol. The molecule has 7 nitrogen and oxygen atoms in total. The summed E-state index contributed by atoms with van der Waals surface area (Å²) in [5.41, 5.74) is 12.2. The van der Waals surface area contributed by atoms with Crippen LogP contribution >= 0.6 is 15.9 Å². The summed E-state index contributed by atoms with van der Waals surface area (Å²) >= 11 is 3.48. The van der Waals surface area contributed by atoms with Gasteiger partial charge >= 0.3 is 5.97 Å². The van der Waals surface area contributed by atoms with Gasteiger partial charge in [-0.1, -0.05) is 45.3 Å². The van der Waals surface area contributed by atoms with E-state index in [-0.39, 0.29) is 29.1 Å². The maximum atomic E-state index is 12.8. The van der Waals surface area contributed by atoms with E-state index in [2.05, 4.69) is 30.9 Å². The number of benzene rings is 1. The Morgan fingerprint density at radius 1 is 1.37 bits per heavy atom. The smallest absolute Gasteiger partial charge is 0.302 e. The molecule has 0 fully saturated rings. The summed E-state index contributed by atoms with van der Waals surface area (Å²) in [7, 11) is 0. The Morgan fingerprint density at radius 3 is 2.89 bits per heavy atom. The average molecular weight is 429 g/mol. The van der Waals surface area contributed by atoms with Gasteiger partial charge in [-0.3, -0.25) is 14.6 Å². The number of aromatic nitrogens is 1. The van der Waals surface area contributed by atoms with Gasteiger partial charge in [0.25, 0.3) is 0 Å². The van der Waals surface area contributed by atoms with Crippen molar-refractivity contribution in [2.24, 2.45) is 11.0 Å². The van der Waals surface area contributed by atoms with Crippen LogP contribution in [0.2, 0.25) is 0 Å². The first-order chi connectivity index (χ1) is 13.0. The van der Waals surface area contributed by atoms with E-state index in [1.54, 1.807) is 18.3 Å². The monoisotopic (exact) mass is 428 g/mol. The van der Waals surface area contributed by atoms with Crippen molar-refractivity contribution in [1.82, 2.24) is 4.98 Å². The molecule has 0 spiro atoms. The van der Waals surface area contributed by atoms with Crippen LogP contribution < -0.4 is 0 Å². The summed E-state index contributed by atoms with van der Waals surface area (Å²) < 4.78 is 5.04. The third-order valence-electron chi connectivity index (χ3n) is 4.56. The molecule has 0 radical (unpaired) electrons. The number of alkyl halides is 1. The SMILES string of the molecule is CC(=O)OCCC1Cc2c(-c3ccccc3N=[N+]=[N-])ccnc2C(=O)C1Br. The first-order valence-electron chi connectivity index (χ1n) is 8.47. The lowest BCUT2D eigenvalue weighted by atomic mass is 9.80. The number of carbonyl (C=O) groups excluding carboxylic acids is 2. The van der Waals surface area contributed by atoms with Crippen molar-refractivity contribution in [3.8, 4) is 11.1 Å². The van der Waals surface area contributed by atoms with Gasteiger partial charge in [0.05, 0.1) is 11.4 Å². The molecule has 0 bridgehead atoms. The molecule has 2 atom stereocenters. The molecule has 27 heavy (non-hydrogen) atoms. The highest BCUT2D eigenvalue weighted by molar-refractivity contribution is 9.10. The number of hydrogen-bond donors (Lipinski definition) is 0. The molecule has 8 heteroatoms. The fourth-order valence-corrected chi connectivity index (χ4v) is 3.98. The van der Waals surface area contributed by atoms with Crippen molar-refractivity contribution in [3.63, 3.8) is 0 Å². The first-order valence-corrected chi connectivity index (χ1v) is 9.38. The van der Waals surface area contributed by atoms with Crippen LogP contribution in [0.5, 0.6) is 0 Å². The van der Waals surface area contributed by atoms with E-state index in [9.17, 15) is 9.59 Å². The molecular weight excluding hydrogens is 412 g/mol. The van der Waals surface area contributed by atoms with E-state index in [0.29, 0.717) is 24.2 Å². The number of ketones is 1. The van der Waals surface area contributed by atoms with Crippen molar-refractivity contribution >= 4 is 33.4 Å². The predicted octanol–water partition coefficient (Wildman–Crippen LogP) is 4.76. The number of rotatable bonds is 5. The Bertz CT molecular complexity index is 940. The van der Waals surface area contributed by atoms with Gasteiger partial charge in [-0.15, -0.1) is 0 Å². The third kappa shape index (κ3) is 4.02. The molecule has 1 aliphatic rings. The van der Waals surface area contributed by atoms with Crippen molar-refractivity contribution in [2.75, 3.05) is 6.61 Å². The number of azide groups is 1. The van der Waals surface area contributed by atoms with Crippen LogP contribution in [0.1, 0.15) is 29.4 Å². The number of nitrogens with zero attached hydrogens (tertiary/aromatic N) is 4. The largest absolute Gasteiger partial charge is 0.466 e. The minimum atomic E-state index is -0.379. The summed E-state index contributed by atoms with van der Waals surface area (Å²) in [6.07, 6.45) is 2.76. The summed E-state index contributed by atoms with van der Waals surface area (Å²) in [6.45, 7) is 1.62. The fourth-order valence-electron chi connectivity index (χ4n) is 3.31. The van der Waals surface area contributed by atoms with Gasteiger partial charge in [-0.2, -0.15) is 0 Å². The van der Waals surface area contributed by atoms with Gasteiger partial charge in [0, 0.05) is 23.7 Å². The molecule has 1 heterocycles. The molecule has 2 aromatic rings. The van der Waals surface area contributed by atoms with E-state index in [1.165, 1.54) is 6.92 Å². The second-order valence-electron chi connectivity index (χ2n) is 6.25. The lowest BCUT2D eigenvalue weighted by Gasteiger charge is -2.29. The van der Waals surface area contributed by atoms with Gasteiger partial charge in [0.2, 0.25) is 0 Å².